The molecule has 0 aliphatic heterocycles. The number of aliphatic hydroxyl groups excluding tert-OH is 1. The Morgan fingerprint density at radius 1 is 1.24 bits per heavy atom. The molecule has 0 radical (unpaired) electrons. The summed E-state index contributed by atoms with van der Waals surface area (Å²) in [4.78, 5) is 3.75. The van der Waals surface area contributed by atoms with Gasteiger partial charge in [-0.15, -0.1) is 10.2 Å². The summed E-state index contributed by atoms with van der Waals surface area (Å²) in [6.45, 7) is 13.7. The number of aliphatic hydroxyl groups is 1. The SMILES string of the molecule is C=N/C=C(C)\C=C\c1nnc(NS(=O)(=O)CCC2CC(C)(C)C2)n1-c1c(OC)cccc1OC.CC.CO.[HH]. The van der Waals surface area contributed by atoms with Crippen molar-refractivity contribution in [3.8, 4) is 17.2 Å². The molecular formula is C27H45N5O5S. The van der Waals surface area contributed by atoms with Crippen molar-refractivity contribution < 1.29 is 24.4 Å². The van der Waals surface area contributed by atoms with E-state index in [0.29, 0.717) is 40.8 Å². The van der Waals surface area contributed by atoms with Crippen LogP contribution in [0.2, 0.25) is 0 Å². The highest BCUT2D eigenvalue weighted by atomic mass is 32.2. The molecule has 2 N–H and O–H groups in total. The number of rotatable bonds is 11. The number of para-hydroxylation sites is 1. The highest BCUT2D eigenvalue weighted by Crippen LogP contribution is 2.46. The number of methoxy groups -OCH3 is 2. The third kappa shape index (κ3) is 8.98. The highest BCUT2D eigenvalue weighted by Gasteiger charge is 2.36. The fourth-order valence-corrected chi connectivity index (χ4v) is 5.51. The van der Waals surface area contributed by atoms with Gasteiger partial charge in [-0.05, 0) is 68.0 Å². The van der Waals surface area contributed by atoms with Crippen molar-refractivity contribution in [3.63, 3.8) is 0 Å². The van der Waals surface area contributed by atoms with Crippen molar-refractivity contribution in [3.05, 3.63) is 41.9 Å². The third-order valence-electron chi connectivity index (χ3n) is 5.83. The Kier molecular flexibility index (Phi) is 13.2. The largest absolute Gasteiger partial charge is 0.494 e. The molecule has 3 rings (SSSR count). The van der Waals surface area contributed by atoms with Crippen LogP contribution in [0.3, 0.4) is 0 Å². The number of nitrogens with zero attached hydrogens (tertiary/aromatic N) is 4. The normalized spacial score (nSPS) is 14.9. The zero-order valence-corrected chi connectivity index (χ0v) is 24.7. The average Bonchev–Trinajstić information content (AvgIpc) is 3.27. The van der Waals surface area contributed by atoms with Crippen LogP contribution in [0.4, 0.5) is 5.95 Å². The molecule has 38 heavy (non-hydrogen) atoms. The molecule has 1 aromatic heterocycles. The Morgan fingerprint density at radius 3 is 2.32 bits per heavy atom. The molecule has 0 saturated heterocycles. The van der Waals surface area contributed by atoms with Gasteiger partial charge >= 0.3 is 0 Å². The van der Waals surface area contributed by atoms with E-state index in [2.05, 4.69) is 40.5 Å². The zero-order valence-electron chi connectivity index (χ0n) is 23.9. The summed E-state index contributed by atoms with van der Waals surface area (Å²) in [5.41, 5.74) is 1.62. The monoisotopic (exact) mass is 551 g/mol. The number of aromatic nitrogens is 3. The zero-order chi connectivity index (χ0) is 28.9. The molecule has 0 amide bonds. The Hall–Kier alpha value is -3.18. The molecule has 0 unspecified atom stereocenters. The molecule has 1 fully saturated rings. The van der Waals surface area contributed by atoms with Gasteiger partial charge in [0, 0.05) is 14.7 Å². The summed E-state index contributed by atoms with van der Waals surface area (Å²) in [5.74, 6) is 1.84. The predicted molar refractivity (Wildman–Crippen MR) is 157 cm³/mol. The first kappa shape index (κ1) is 32.8. The van der Waals surface area contributed by atoms with Crippen LogP contribution in [0.1, 0.15) is 61.1 Å². The first-order chi connectivity index (χ1) is 18.1. The van der Waals surface area contributed by atoms with Crippen LogP contribution in [0, 0.1) is 11.3 Å². The third-order valence-corrected chi connectivity index (χ3v) is 7.09. The van der Waals surface area contributed by atoms with E-state index in [4.69, 9.17) is 14.6 Å². The molecule has 10 nitrogen and oxygen atoms in total. The van der Waals surface area contributed by atoms with E-state index in [1.54, 1.807) is 41.1 Å². The van der Waals surface area contributed by atoms with Gasteiger partial charge in [0.25, 0.3) is 0 Å². The van der Waals surface area contributed by atoms with Crippen molar-refractivity contribution in [1.29, 1.82) is 0 Å². The van der Waals surface area contributed by atoms with E-state index in [1.807, 2.05) is 20.8 Å². The average molecular weight is 552 g/mol. The number of aliphatic imine (C=N–C) groups is 1. The van der Waals surface area contributed by atoms with Gasteiger partial charge in [0.1, 0.15) is 17.2 Å². The maximum absolute atomic E-state index is 13.0. The maximum atomic E-state index is 13.0. The molecule has 1 heterocycles. The number of hydrogen-bond acceptors (Lipinski definition) is 8. The molecule has 0 atom stereocenters. The quantitative estimate of drug-likeness (QED) is 0.284. The van der Waals surface area contributed by atoms with Gasteiger partial charge in [-0.1, -0.05) is 39.8 Å². The molecule has 0 bridgehead atoms. The van der Waals surface area contributed by atoms with Crippen LogP contribution in [0.25, 0.3) is 11.8 Å². The van der Waals surface area contributed by atoms with Crippen LogP contribution >= 0.6 is 0 Å². The summed E-state index contributed by atoms with van der Waals surface area (Å²) >= 11 is 0. The molecule has 1 aromatic carbocycles. The minimum atomic E-state index is -3.65. The van der Waals surface area contributed by atoms with Crippen LogP contribution in [0.5, 0.6) is 11.5 Å². The topological polar surface area (TPSA) is 128 Å². The lowest BCUT2D eigenvalue weighted by atomic mass is 9.64. The molecule has 1 aliphatic carbocycles. The lowest BCUT2D eigenvalue weighted by Gasteiger charge is -2.42. The molecule has 2 aromatic rings. The standard InChI is InChI=1S/C24H33N5O4S.C2H6.CH4O.H2/c1-17(16-25-4)10-11-21-26-27-23(28-34(30,31)13-12-18-14-24(2,3)15-18)29(21)22-19(32-5)8-7-9-20(22)33-6;2*1-2;/h7-11,16,18H,4,12-15H2,1-3,5-6H3,(H,27,28);1-2H3;2H,1H3;1H/b11-10+,17-16-;;;. The molecular weight excluding hydrogens is 506 g/mol. The van der Waals surface area contributed by atoms with E-state index in [0.717, 1.165) is 25.5 Å². The molecule has 1 aliphatic rings. The fraction of sp³-hybridized carbons (Fsp3) is 0.519. The summed E-state index contributed by atoms with van der Waals surface area (Å²) in [6, 6.07) is 5.30. The van der Waals surface area contributed by atoms with Crippen molar-refractivity contribution in [2.24, 2.45) is 16.3 Å². The van der Waals surface area contributed by atoms with Crippen LogP contribution < -0.4 is 14.2 Å². The van der Waals surface area contributed by atoms with Gasteiger partial charge in [-0.3, -0.25) is 14.3 Å². The van der Waals surface area contributed by atoms with Crippen molar-refractivity contribution in [2.45, 2.75) is 53.9 Å². The number of nitrogens with one attached hydrogen (secondary N) is 1. The summed E-state index contributed by atoms with van der Waals surface area (Å²) in [7, 11) is 0.412. The summed E-state index contributed by atoms with van der Waals surface area (Å²) < 4.78 is 41.2. The maximum Gasteiger partial charge on any atom is 0.243 e. The van der Waals surface area contributed by atoms with E-state index in [-0.39, 0.29) is 13.1 Å². The van der Waals surface area contributed by atoms with Crippen molar-refractivity contribution in [1.82, 2.24) is 14.8 Å². The number of benzene rings is 1. The van der Waals surface area contributed by atoms with E-state index in [9.17, 15) is 8.42 Å². The Bertz CT molecular complexity index is 1180. The number of anilines is 1. The first-order valence-corrected chi connectivity index (χ1v) is 14.2. The summed E-state index contributed by atoms with van der Waals surface area (Å²) in [5, 5.41) is 15.4. The van der Waals surface area contributed by atoms with E-state index < -0.39 is 10.0 Å². The van der Waals surface area contributed by atoms with E-state index in [1.165, 1.54) is 14.2 Å². The van der Waals surface area contributed by atoms with Crippen LogP contribution in [0.15, 0.2) is 41.0 Å². The fourth-order valence-electron chi connectivity index (χ4n) is 4.36. The number of allylic oxidation sites excluding steroid dienone is 2. The second-order valence-corrected chi connectivity index (χ2v) is 11.1. The van der Waals surface area contributed by atoms with Gasteiger partial charge in [-0.2, -0.15) is 0 Å². The second kappa shape index (κ2) is 15.3. The molecule has 11 heteroatoms. The van der Waals surface area contributed by atoms with Gasteiger partial charge < -0.3 is 14.6 Å². The van der Waals surface area contributed by atoms with Crippen LogP contribution in [-0.2, 0) is 10.0 Å². The lowest BCUT2D eigenvalue weighted by Crippen LogP contribution is -2.33. The van der Waals surface area contributed by atoms with Crippen molar-refractivity contribution in [2.75, 3.05) is 31.8 Å². The molecule has 0 spiro atoms. The number of ether oxygens (including phenoxy) is 2. The molecule has 1 saturated carbocycles. The summed E-state index contributed by atoms with van der Waals surface area (Å²) in [6.07, 6.45) is 7.79. The van der Waals surface area contributed by atoms with E-state index >= 15 is 0 Å². The van der Waals surface area contributed by atoms with Crippen LogP contribution in [-0.4, -0.2) is 62.1 Å². The Labute approximate surface area is 229 Å². The molecule has 214 valence electrons. The highest BCUT2D eigenvalue weighted by molar-refractivity contribution is 7.92. The Morgan fingerprint density at radius 2 is 1.82 bits per heavy atom. The Balaban J connectivity index is 0.00000276. The second-order valence-electron chi connectivity index (χ2n) is 9.27. The number of hydrogen-bond donors (Lipinski definition) is 2. The number of sulfonamides is 1. The van der Waals surface area contributed by atoms with Gasteiger partial charge in [-0.25, -0.2) is 8.42 Å². The smallest absolute Gasteiger partial charge is 0.243 e. The minimum Gasteiger partial charge on any atom is -0.494 e. The van der Waals surface area contributed by atoms with Gasteiger partial charge in [0.15, 0.2) is 5.82 Å². The van der Waals surface area contributed by atoms with Gasteiger partial charge in [0.2, 0.25) is 16.0 Å². The predicted octanol–water partition coefficient (Wildman–Crippen LogP) is 5.35. The minimum absolute atomic E-state index is 0. The lowest BCUT2D eigenvalue weighted by molar-refractivity contribution is 0.0944. The first-order valence-electron chi connectivity index (χ1n) is 12.5. The van der Waals surface area contributed by atoms with Crippen molar-refractivity contribution >= 4 is 28.8 Å². The van der Waals surface area contributed by atoms with Gasteiger partial charge in [0.05, 0.1) is 20.0 Å².